The summed E-state index contributed by atoms with van der Waals surface area (Å²) in [4.78, 5) is 33.2. The molecule has 0 saturated heterocycles. The van der Waals surface area contributed by atoms with Gasteiger partial charge in [0, 0.05) is 11.4 Å². The van der Waals surface area contributed by atoms with Gasteiger partial charge in [0.25, 0.3) is 5.56 Å². The van der Waals surface area contributed by atoms with Gasteiger partial charge >= 0.3 is 5.97 Å². The molecule has 0 aliphatic carbocycles. The number of allylic oxidation sites excluding steroid dienone is 1. The van der Waals surface area contributed by atoms with Crippen molar-refractivity contribution >= 4 is 23.5 Å². The van der Waals surface area contributed by atoms with Crippen LogP contribution in [0.4, 0.5) is 5.82 Å². The Bertz CT molecular complexity index is 980. The molecule has 0 fully saturated rings. The number of fused-ring (bicyclic) bond motifs is 1. The second kappa shape index (κ2) is 8.48. The van der Waals surface area contributed by atoms with E-state index >= 15 is 0 Å². The lowest BCUT2D eigenvalue weighted by molar-refractivity contribution is -0.143. The molecule has 1 atom stereocenters. The van der Waals surface area contributed by atoms with Crippen molar-refractivity contribution in [3.63, 3.8) is 0 Å². The minimum atomic E-state index is -0.557. The maximum absolute atomic E-state index is 13.0. The zero-order valence-corrected chi connectivity index (χ0v) is 16.9. The van der Waals surface area contributed by atoms with Gasteiger partial charge in [0.05, 0.1) is 23.2 Å². The van der Waals surface area contributed by atoms with Gasteiger partial charge in [0.2, 0.25) is 0 Å². The summed E-state index contributed by atoms with van der Waals surface area (Å²) in [6.45, 7) is 9.09. The lowest BCUT2D eigenvalue weighted by Crippen LogP contribution is -2.31. The first kappa shape index (κ1) is 19.9. The number of hydrogen-bond donors (Lipinski definition) is 2. The Kier molecular flexibility index (Phi) is 6.04. The number of carbonyl (C=O) groups is 1. The number of rotatable bonds is 6. The number of thioether (sulfide) groups is 1. The van der Waals surface area contributed by atoms with Gasteiger partial charge in [-0.15, -0.1) is 6.58 Å². The van der Waals surface area contributed by atoms with Crippen molar-refractivity contribution < 1.29 is 9.53 Å². The molecule has 146 valence electrons. The molecule has 28 heavy (non-hydrogen) atoms. The summed E-state index contributed by atoms with van der Waals surface area (Å²) in [7, 11) is 0. The molecular weight excluding hydrogens is 374 g/mol. The molecule has 0 radical (unpaired) electrons. The lowest BCUT2D eigenvalue weighted by atomic mass is 9.82. The molecule has 2 aromatic rings. The van der Waals surface area contributed by atoms with Crippen molar-refractivity contribution in [2.75, 3.05) is 11.1 Å². The van der Waals surface area contributed by atoms with Gasteiger partial charge in [-0.3, -0.25) is 4.79 Å². The van der Waals surface area contributed by atoms with E-state index in [0.29, 0.717) is 33.6 Å². The molecule has 0 saturated carbocycles. The van der Waals surface area contributed by atoms with Crippen LogP contribution in [0.5, 0.6) is 0 Å². The molecule has 7 heteroatoms. The molecule has 0 spiro atoms. The van der Waals surface area contributed by atoms with Crippen LogP contribution in [0.3, 0.4) is 0 Å². The van der Waals surface area contributed by atoms with Crippen LogP contribution in [0, 0.1) is 0 Å². The van der Waals surface area contributed by atoms with Gasteiger partial charge in [-0.05, 0) is 26.3 Å². The second-order valence-electron chi connectivity index (χ2n) is 6.69. The first-order valence-corrected chi connectivity index (χ1v) is 10.0. The maximum atomic E-state index is 13.0. The number of nitrogens with one attached hydrogen (secondary N) is 2. The highest BCUT2D eigenvalue weighted by atomic mass is 32.2. The van der Waals surface area contributed by atoms with Crippen molar-refractivity contribution in [2.45, 2.75) is 37.9 Å². The van der Waals surface area contributed by atoms with E-state index in [1.807, 2.05) is 30.3 Å². The van der Waals surface area contributed by atoms with Gasteiger partial charge in [-0.1, -0.05) is 48.2 Å². The first-order valence-electron chi connectivity index (χ1n) is 9.04. The van der Waals surface area contributed by atoms with E-state index in [-0.39, 0.29) is 11.7 Å². The van der Waals surface area contributed by atoms with E-state index in [0.717, 1.165) is 5.56 Å². The third kappa shape index (κ3) is 4.04. The fourth-order valence-corrected chi connectivity index (χ4v) is 3.76. The normalized spacial score (nSPS) is 15.8. The largest absolute Gasteiger partial charge is 0.460 e. The summed E-state index contributed by atoms with van der Waals surface area (Å²) in [6, 6.07) is 9.46. The van der Waals surface area contributed by atoms with Crippen LogP contribution in [0.2, 0.25) is 0 Å². The number of hydrogen-bond acceptors (Lipinski definition) is 6. The van der Waals surface area contributed by atoms with E-state index in [4.69, 9.17) is 4.74 Å². The number of aromatic nitrogens is 2. The highest BCUT2D eigenvalue weighted by molar-refractivity contribution is 7.99. The average Bonchev–Trinajstić information content (AvgIpc) is 2.65. The summed E-state index contributed by atoms with van der Waals surface area (Å²) in [5, 5.41) is 3.63. The smallest absolute Gasteiger partial charge is 0.337 e. The van der Waals surface area contributed by atoms with Crippen molar-refractivity contribution in [3.05, 3.63) is 75.7 Å². The van der Waals surface area contributed by atoms with Crippen LogP contribution in [0.25, 0.3) is 0 Å². The number of ether oxygens (including phenoxy) is 1. The number of aromatic amines is 1. The molecule has 6 nitrogen and oxygen atoms in total. The molecule has 2 heterocycles. The van der Waals surface area contributed by atoms with Crippen molar-refractivity contribution in [1.82, 2.24) is 9.97 Å². The Hall–Kier alpha value is -2.80. The van der Waals surface area contributed by atoms with Crippen LogP contribution in [-0.2, 0) is 9.53 Å². The fraction of sp³-hybridized carbons (Fsp3) is 0.286. The third-order valence-corrected chi connectivity index (χ3v) is 5.12. The van der Waals surface area contributed by atoms with Crippen LogP contribution in [0.1, 0.15) is 37.8 Å². The summed E-state index contributed by atoms with van der Waals surface area (Å²) in [5.74, 6) is 0.0927. The van der Waals surface area contributed by atoms with Crippen LogP contribution in [0.15, 0.2) is 64.2 Å². The highest BCUT2D eigenvalue weighted by Crippen LogP contribution is 2.40. The zero-order chi connectivity index (χ0) is 20.3. The van der Waals surface area contributed by atoms with Gasteiger partial charge in [0.15, 0.2) is 5.16 Å². The Morgan fingerprint density at radius 2 is 2.07 bits per heavy atom. The van der Waals surface area contributed by atoms with Gasteiger partial charge in [-0.2, -0.15) is 0 Å². The number of H-pyrrole nitrogens is 1. The Morgan fingerprint density at radius 3 is 2.71 bits per heavy atom. The third-order valence-electron chi connectivity index (χ3n) is 4.25. The minimum absolute atomic E-state index is 0.264. The Morgan fingerprint density at radius 1 is 1.36 bits per heavy atom. The molecule has 1 aromatic heterocycles. The van der Waals surface area contributed by atoms with E-state index in [1.54, 1.807) is 26.8 Å². The molecule has 0 amide bonds. The van der Waals surface area contributed by atoms with Crippen LogP contribution < -0.4 is 10.9 Å². The molecular formula is C21H23N3O3S. The molecule has 1 aliphatic heterocycles. The molecule has 1 aromatic carbocycles. The lowest BCUT2D eigenvalue weighted by Gasteiger charge is -2.29. The minimum Gasteiger partial charge on any atom is -0.460 e. The molecule has 0 unspecified atom stereocenters. The van der Waals surface area contributed by atoms with E-state index in [1.165, 1.54) is 11.8 Å². The molecule has 1 aliphatic rings. The number of esters is 1. The summed E-state index contributed by atoms with van der Waals surface area (Å²) >= 11 is 1.39. The Balaban J connectivity index is 2.17. The predicted octanol–water partition coefficient (Wildman–Crippen LogP) is 3.83. The highest BCUT2D eigenvalue weighted by Gasteiger charge is 2.36. The second-order valence-corrected chi connectivity index (χ2v) is 7.70. The van der Waals surface area contributed by atoms with Gasteiger partial charge in [0.1, 0.15) is 5.82 Å². The van der Waals surface area contributed by atoms with E-state index < -0.39 is 11.9 Å². The zero-order valence-electron chi connectivity index (χ0n) is 16.1. The number of carbonyl (C=O) groups excluding carboxylic acids is 1. The summed E-state index contributed by atoms with van der Waals surface area (Å²) in [6.07, 6.45) is 1.48. The monoisotopic (exact) mass is 397 g/mol. The predicted molar refractivity (Wildman–Crippen MR) is 112 cm³/mol. The van der Waals surface area contributed by atoms with E-state index in [2.05, 4.69) is 21.9 Å². The van der Waals surface area contributed by atoms with Gasteiger partial charge in [-0.25, -0.2) is 9.78 Å². The molecule has 2 N–H and O–H groups in total. The first-order chi connectivity index (χ1) is 13.4. The number of nitrogens with zero attached hydrogens (tertiary/aromatic N) is 1. The van der Waals surface area contributed by atoms with Crippen molar-refractivity contribution in [3.8, 4) is 0 Å². The number of benzene rings is 1. The molecule has 0 bridgehead atoms. The standard InChI is InChI=1S/C21H23N3O3S/c1-5-11-28-21-23-18-17(19(25)24-21)16(14-9-7-6-8-10-14)15(13(4)22-18)20(26)27-12(2)3/h5-10,12,16H,1,11H2,2-4H3,(H2,22,23,24,25)/t16-/m0/s1. The quantitative estimate of drug-likeness (QED) is 0.334. The number of anilines is 1. The van der Waals surface area contributed by atoms with Gasteiger partial charge < -0.3 is 15.0 Å². The SMILES string of the molecule is C=CCSc1nc2c(c(=O)[nH]1)[C@@H](c1ccccc1)C(C(=O)OC(C)C)=C(C)N2. The topological polar surface area (TPSA) is 84.1 Å². The van der Waals surface area contributed by atoms with Crippen LogP contribution >= 0.6 is 11.8 Å². The molecule has 3 rings (SSSR count). The average molecular weight is 398 g/mol. The summed E-state index contributed by atoms with van der Waals surface area (Å²) in [5.41, 5.74) is 2.02. The van der Waals surface area contributed by atoms with Crippen LogP contribution in [-0.4, -0.2) is 27.8 Å². The van der Waals surface area contributed by atoms with E-state index in [9.17, 15) is 9.59 Å². The van der Waals surface area contributed by atoms with Crippen molar-refractivity contribution in [2.24, 2.45) is 0 Å². The van der Waals surface area contributed by atoms with Crippen molar-refractivity contribution in [1.29, 1.82) is 0 Å². The summed E-state index contributed by atoms with van der Waals surface area (Å²) < 4.78 is 5.46. The maximum Gasteiger partial charge on any atom is 0.337 e. The fourth-order valence-electron chi connectivity index (χ4n) is 3.16. The Labute approximate surface area is 168 Å².